The van der Waals surface area contributed by atoms with Crippen molar-refractivity contribution in [2.75, 3.05) is 25.6 Å². The lowest BCUT2D eigenvalue weighted by Gasteiger charge is -2.24. The molecule has 1 atom stereocenters. The third kappa shape index (κ3) is 4.05. The molecule has 0 spiro atoms. The fraction of sp³-hybridized carbons (Fsp3) is 0.412. The lowest BCUT2D eigenvalue weighted by atomic mass is 9.89. The normalized spacial score (nSPS) is 16.1. The fourth-order valence-corrected chi connectivity index (χ4v) is 2.94. The molecule has 9 heteroatoms. The van der Waals surface area contributed by atoms with Gasteiger partial charge in [-0.2, -0.15) is 0 Å². The maximum Gasteiger partial charge on any atom is 0.228 e. The number of amides is 2. The molecule has 138 valence electrons. The molecule has 0 fully saturated rings. The molecule has 1 aliphatic heterocycles. The van der Waals surface area contributed by atoms with Crippen molar-refractivity contribution >= 4 is 17.5 Å². The molecule has 0 saturated carbocycles. The second-order valence-electron chi connectivity index (χ2n) is 6.01. The second-order valence-corrected chi connectivity index (χ2v) is 6.01. The van der Waals surface area contributed by atoms with E-state index in [0.717, 1.165) is 5.82 Å². The van der Waals surface area contributed by atoms with Gasteiger partial charge in [-0.1, -0.05) is 0 Å². The van der Waals surface area contributed by atoms with E-state index in [9.17, 15) is 14.0 Å². The number of methoxy groups -OCH3 is 1. The minimum atomic E-state index is -0.708. The molecule has 0 radical (unpaired) electrons. The summed E-state index contributed by atoms with van der Waals surface area (Å²) < 4.78 is 20.4. The highest BCUT2D eigenvalue weighted by atomic mass is 19.1. The molecule has 3 rings (SSSR count). The monoisotopic (exact) mass is 361 g/mol. The van der Waals surface area contributed by atoms with E-state index in [1.54, 1.807) is 13.4 Å². The zero-order valence-electron chi connectivity index (χ0n) is 14.4. The van der Waals surface area contributed by atoms with Crippen molar-refractivity contribution in [3.63, 3.8) is 0 Å². The minimum Gasteiger partial charge on any atom is -0.383 e. The number of fused-ring (bicyclic) bond motifs is 1. The molecule has 1 aliphatic rings. The number of carbonyl (C=O) groups is 2. The minimum absolute atomic E-state index is 0.00763. The van der Waals surface area contributed by atoms with E-state index in [0.29, 0.717) is 37.4 Å². The molecule has 2 amide bonds. The van der Waals surface area contributed by atoms with Crippen LogP contribution in [0.15, 0.2) is 24.5 Å². The molecular formula is C17H20FN5O3. The van der Waals surface area contributed by atoms with Crippen molar-refractivity contribution in [1.82, 2.24) is 20.1 Å². The molecule has 8 nitrogen and oxygen atoms in total. The number of hydrogen-bond acceptors (Lipinski definition) is 5. The van der Waals surface area contributed by atoms with Crippen LogP contribution in [0.2, 0.25) is 0 Å². The number of carbonyl (C=O) groups excluding carboxylic acids is 2. The Hall–Kier alpha value is -2.81. The summed E-state index contributed by atoms with van der Waals surface area (Å²) in [5.74, 6) is -0.988. The first-order valence-corrected chi connectivity index (χ1v) is 8.31. The van der Waals surface area contributed by atoms with E-state index < -0.39 is 11.7 Å². The van der Waals surface area contributed by atoms with Gasteiger partial charge in [0, 0.05) is 38.7 Å². The van der Waals surface area contributed by atoms with Gasteiger partial charge in [0.2, 0.25) is 11.8 Å². The average Bonchev–Trinajstić information content (AvgIpc) is 3.06. The zero-order chi connectivity index (χ0) is 18.5. The van der Waals surface area contributed by atoms with Crippen molar-refractivity contribution in [1.29, 1.82) is 0 Å². The van der Waals surface area contributed by atoms with Gasteiger partial charge >= 0.3 is 0 Å². The van der Waals surface area contributed by atoms with Crippen LogP contribution in [0.5, 0.6) is 0 Å². The number of benzene rings is 1. The molecule has 0 bridgehead atoms. The Morgan fingerprint density at radius 3 is 3.15 bits per heavy atom. The molecule has 0 unspecified atom stereocenters. The van der Waals surface area contributed by atoms with Gasteiger partial charge in [0.05, 0.1) is 12.5 Å². The van der Waals surface area contributed by atoms with E-state index >= 15 is 0 Å². The predicted octanol–water partition coefficient (Wildman–Crippen LogP) is 0.848. The topological polar surface area (TPSA) is 98.1 Å². The average molecular weight is 361 g/mol. The van der Waals surface area contributed by atoms with Gasteiger partial charge in [0.15, 0.2) is 0 Å². The van der Waals surface area contributed by atoms with E-state index in [4.69, 9.17) is 4.74 Å². The highest BCUT2D eigenvalue weighted by molar-refractivity contribution is 6.01. The molecule has 2 heterocycles. The fourth-order valence-electron chi connectivity index (χ4n) is 2.94. The van der Waals surface area contributed by atoms with Gasteiger partial charge < -0.3 is 19.9 Å². The molecule has 0 saturated heterocycles. The van der Waals surface area contributed by atoms with Crippen LogP contribution in [-0.4, -0.2) is 46.8 Å². The SMILES string of the molecule is COCCn1cnnc1CCNC(=O)[C@@H]1CC(=O)Nc2ccc(F)cc21. The van der Waals surface area contributed by atoms with Gasteiger partial charge in [0.1, 0.15) is 18.0 Å². The van der Waals surface area contributed by atoms with Crippen LogP contribution < -0.4 is 10.6 Å². The van der Waals surface area contributed by atoms with Crippen LogP contribution in [0.25, 0.3) is 0 Å². The van der Waals surface area contributed by atoms with Gasteiger partial charge in [-0.25, -0.2) is 4.39 Å². The summed E-state index contributed by atoms with van der Waals surface area (Å²) in [5.41, 5.74) is 0.965. The highest BCUT2D eigenvalue weighted by Gasteiger charge is 2.30. The Morgan fingerprint density at radius 1 is 1.50 bits per heavy atom. The summed E-state index contributed by atoms with van der Waals surface area (Å²) in [4.78, 5) is 24.3. The highest BCUT2D eigenvalue weighted by Crippen LogP contribution is 2.32. The Kier molecular flexibility index (Phi) is 5.57. The number of aromatic nitrogens is 3. The smallest absolute Gasteiger partial charge is 0.228 e. The van der Waals surface area contributed by atoms with Crippen LogP contribution >= 0.6 is 0 Å². The number of anilines is 1. The largest absolute Gasteiger partial charge is 0.383 e. The van der Waals surface area contributed by atoms with Crippen molar-refractivity contribution < 1.29 is 18.7 Å². The Balaban J connectivity index is 1.62. The number of rotatable bonds is 7. The molecule has 26 heavy (non-hydrogen) atoms. The van der Waals surface area contributed by atoms with Crippen molar-refractivity contribution in [3.8, 4) is 0 Å². The summed E-state index contributed by atoms with van der Waals surface area (Å²) in [6.07, 6.45) is 2.09. The van der Waals surface area contributed by atoms with E-state index in [1.807, 2.05) is 4.57 Å². The number of nitrogens with one attached hydrogen (secondary N) is 2. The quantitative estimate of drug-likeness (QED) is 0.762. The second kappa shape index (κ2) is 8.05. The number of halogens is 1. The summed E-state index contributed by atoms with van der Waals surface area (Å²) in [6, 6.07) is 4.02. The molecule has 1 aromatic heterocycles. The first-order chi connectivity index (χ1) is 12.6. The number of nitrogens with zero attached hydrogens (tertiary/aromatic N) is 3. The van der Waals surface area contributed by atoms with Gasteiger partial charge in [-0.3, -0.25) is 9.59 Å². The van der Waals surface area contributed by atoms with Crippen molar-refractivity contribution in [3.05, 3.63) is 41.7 Å². The van der Waals surface area contributed by atoms with Crippen LogP contribution in [-0.2, 0) is 27.3 Å². The first-order valence-electron chi connectivity index (χ1n) is 8.31. The third-order valence-electron chi connectivity index (χ3n) is 4.25. The number of ether oxygens (including phenoxy) is 1. The van der Waals surface area contributed by atoms with Crippen LogP contribution in [0, 0.1) is 5.82 Å². The maximum atomic E-state index is 13.5. The van der Waals surface area contributed by atoms with E-state index in [-0.39, 0.29) is 18.2 Å². The molecular weight excluding hydrogens is 341 g/mol. The number of hydrogen-bond donors (Lipinski definition) is 2. The summed E-state index contributed by atoms with van der Waals surface area (Å²) >= 11 is 0. The molecule has 1 aromatic carbocycles. The molecule has 0 aliphatic carbocycles. The van der Waals surface area contributed by atoms with Crippen molar-refractivity contribution in [2.24, 2.45) is 0 Å². The van der Waals surface area contributed by atoms with E-state index in [2.05, 4.69) is 20.8 Å². The van der Waals surface area contributed by atoms with Crippen LogP contribution in [0.3, 0.4) is 0 Å². The summed E-state index contributed by atoms with van der Waals surface area (Å²) in [6.45, 7) is 1.51. The Morgan fingerprint density at radius 2 is 2.35 bits per heavy atom. The summed E-state index contributed by atoms with van der Waals surface area (Å²) in [7, 11) is 1.62. The van der Waals surface area contributed by atoms with Gasteiger partial charge in [0.25, 0.3) is 0 Å². The van der Waals surface area contributed by atoms with Crippen molar-refractivity contribution in [2.45, 2.75) is 25.3 Å². The van der Waals surface area contributed by atoms with E-state index in [1.165, 1.54) is 18.2 Å². The first kappa shape index (κ1) is 18.0. The molecule has 2 aromatic rings. The Bertz CT molecular complexity index is 807. The lowest BCUT2D eigenvalue weighted by Crippen LogP contribution is -2.36. The zero-order valence-corrected chi connectivity index (χ0v) is 14.4. The third-order valence-corrected chi connectivity index (χ3v) is 4.25. The van der Waals surface area contributed by atoms with Gasteiger partial charge in [-0.05, 0) is 23.8 Å². The Labute approximate surface area is 149 Å². The van der Waals surface area contributed by atoms with Crippen LogP contribution in [0.4, 0.5) is 10.1 Å². The summed E-state index contributed by atoms with van der Waals surface area (Å²) in [5, 5.41) is 13.4. The molecule has 2 N–H and O–H groups in total. The lowest BCUT2D eigenvalue weighted by molar-refractivity contribution is -0.126. The maximum absolute atomic E-state index is 13.5. The predicted molar refractivity (Wildman–Crippen MR) is 91.0 cm³/mol. The van der Waals surface area contributed by atoms with Gasteiger partial charge in [-0.15, -0.1) is 10.2 Å². The standard InChI is InChI=1S/C17H20FN5O3/c1-26-7-6-23-10-20-22-15(23)4-5-19-17(25)13-9-16(24)21-14-3-2-11(18)8-12(13)14/h2-3,8,10,13H,4-7,9H2,1H3,(H,19,25)(H,21,24)/t13-/m1/s1. The van der Waals surface area contributed by atoms with Crippen LogP contribution in [0.1, 0.15) is 23.7 Å².